The molecule has 0 spiro atoms. The fourth-order valence-corrected chi connectivity index (χ4v) is 4.72. The zero-order chi connectivity index (χ0) is 20.0. The van der Waals surface area contributed by atoms with Crippen molar-refractivity contribution < 1.29 is 4.79 Å². The minimum Gasteiger partial charge on any atom is -0.350 e. The van der Waals surface area contributed by atoms with Crippen LogP contribution in [0.15, 0.2) is 42.5 Å². The molecule has 2 aromatic heterocycles. The molecule has 0 saturated carbocycles. The summed E-state index contributed by atoms with van der Waals surface area (Å²) in [6, 6.07) is 14.1. The Bertz CT molecular complexity index is 1290. The molecule has 1 aliphatic heterocycles. The number of fused-ring (bicyclic) bond motifs is 5. The van der Waals surface area contributed by atoms with Gasteiger partial charge in [0, 0.05) is 23.5 Å². The molecule has 3 heterocycles. The average Bonchev–Trinajstić information content (AvgIpc) is 3.36. The van der Waals surface area contributed by atoms with Crippen LogP contribution in [-0.4, -0.2) is 50.9 Å². The molecule has 7 heteroatoms. The topological polar surface area (TPSA) is 65.4 Å². The van der Waals surface area contributed by atoms with E-state index in [9.17, 15) is 4.79 Å². The molecule has 2 N–H and O–H groups in total. The summed E-state index contributed by atoms with van der Waals surface area (Å²) in [5, 5.41) is 4.05. The number of amides is 1. The van der Waals surface area contributed by atoms with Crippen LogP contribution >= 0.6 is 12.2 Å². The standard InChI is InChI=1S/C22H23N5OS/c1-2-26-11-5-6-15(26)13-23-21(28)14-9-10-16-18(12-14)25-22(29)27-19-8-4-3-7-17(19)24-20(16)27/h3-4,7-10,12,15H,2,5-6,11,13H2,1H3,(H,23,28)(H,25,29). The van der Waals surface area contributed by atoms with Crippen molar-refractivity contribution in [1.29, 1.82) is 0 Å². The van der Waals surface area contributed by atoms with Gasteiger partial charge in [-0.3, -0.25) is 14.1 Å². The average molecular weight is 406 g/mol. The largest absolute Gasteiger partial charge is 0.350 e. The number of nitrogens with zero attached hydrogens (tertiary/aromatic N) is 3. The number of likely N-dealkylation sites (N-methyl/N-ethyl adjacent to an activating group) is 1. The van der Waals surface area contributed by atoms with E-state index in [0.717, 1.165) is 47.1 Å². The highest BCUT2D eigenvalue weighted by atomic mass is 32.1. The van der Waals surface area contributed by atoms with Crippen molar-refractivity contribution in [2.75, 3.05) is 19.6 Å². The van der Waals surface area contributed by atoms with Gasteiger partial charge in [0.15, 0.2) is 4.77 Å². The van der Waals surface area contributed by atoms with Crippen LogP contribution in [0.25, 0.3) is 27.6 Å². The summed E-state index contributed by atoms with van der Waals surface area (Å²) in [6.07, 6.45) is 2.35. The summed E-state index contributed by atoms with van der Waals surface area (Å²) < 4.78 is 2.52. The molecular weight excluding hydrogens is 382 g/mol. The number of aromatic amines is 1. The number of H-pyrrole nitrogens is 1. The summed E-state index contributed by atoms with van der Waals surface area (Å²) in [6.45, 7) is 5.01. The summed E-state index contributed by atoms with van der Waals surface area (Å²) >= 11 is 5.58. The van der Waals surface area contributed by atoms with Crippen LogP contribution in [0, 0.1) is 4.77 Å². The number of rotatable bonds is 4. The number of benzene rings is 2. The number of aromatic nitrogens is 3. The van der Waals surface area contributed by atoms with Crippen LogP contribution in [0.5, 0.6) is 0 Å². The zero-order valence-electron chi connectivity index (χ0n) is 16.3. The van der Waals surface area contributed by atoms with Crippen LogP contribution in [-0.2, 0) is 0 Å². The Morgan fingerprint density at radius 1 is 1.31 bits per heavy atom. The van der Waals surface area contributed by atoms with E-state index in [0.29, 0.717) is 22.9 Å². The lowest BCUT2D eigenvalue weighted by Crippen LogP contribution is -2.40. The van der Waals surface area contributed by atoms with Gasteiger partial charge in [-0.25, -0.2) is 4.98 Å². The Kier molecular flexibility index (Phi) is 4.56. The number of likely N-dealkylation sites (tertiary alicyclic amines) is 1. The number of para-hydroxylation sites is 2. The van der Waals surface area contributed by atoms with Crippen LogP contribution < -0.4 is 5.32 Å². The SMILES string of the molecule is CCN1CCCC1CNC(=O)c1ccc2c(c1)[nH]c(=S)n1c3ccccc3nc21. The Balaban J connectivity index is 1.48. The maximum atomic E-state index is 12.7. The first-order chi connectivity index (χ1) is 14.2. The van der Waals surface area contributed by atoms with E-state index in [4.69, 9.17) is 17.2 Å². The Morgan fingerprint density at radius 2 is 2.17 bits per heavy atom. The van der Waals surface area contributed by atoms with Gasteiger partial charge in [0.1, 0.15) is 5.65 Å². The molecule has 1 unspecified atom stereocenters. The van der Waals surface area contributed by atoms with Crippen molar-refractivity contribution in [3.8, 4) is 0 Å². The highest BCUT2D eigenvalue weighted by Gasteiger charge is 2.23. The number of hydrogen-bond donors (Lipinski definition) is 2. The first-order valence-corrected chi connectivity index (χ1v) is 10.5. The molecule has 4 aromatic rings. The van der Waals surface area contributed by atoms with E-state index in [1.165, 1.54) is 6.42 Å². The molecule has 0 bridgehead atoms. The molecule has 0 aliphatic carbocycles. The fraction of sp³-hybridized carbons (Fsp3) is 0.318. The van der Waals surface area contributed by atoms with Crippen molar-refractivity contribution >= 4 is 45.7 Å². The van der Waals surface area contributed by atoms with Gasteiger partial charge >= 0.3 is 0 Å². The van der Waals surface area contributed by atoms with Gasteiger partial charge in [-0.2, -0.15) is 0 Å². The van der Waals surface area contributed by atoms with Crippen molar-refractivity contribution in [3.05, 3.63) is 52.8 Å². The van der Waals surface area contributed by atoms with E-state index < -0.39 is 0 Å². The molecule has 1 atom stereocenters. The molecule has 1 fully saturated rings. The van der Waals surface area contributed by atoms with Gasteiger partial charge in [-0.15, -0.1) is 0 Å². The van der Waals surface area contributed by atoms with Crippen molar-refractivity contribution in [1.82, 2.24) is 24.6 Å². The lowest BCUT2D eigenvalue weighted by atomic mass is 10.1. The second-order valence-electron chi connectivity index (χ2n) is 7.58. The van der Waals surface area contributed by atoms with Gasteiger partial charge in [-0.05, 0) is 68.5 Å². The van der Waals surface area contributed by atoms with Gasteiger partial charge in [0.05, 0.1) is 16.6 Å². The monoisotopic (exact) mass is 405 g/mol. The number of hydrogen-bond acceptors (Lipinski definition) is 4. The van der Waals surface area contributed by atoms with E-state index in [-0.39, 0.29) is 5.91 Å². The summed E-state index contributed by atoms with van der Waals surface area (Å²) in [5.41, 5.74) is 4.13. The molecule has 1 saturated heterocycles. The third kappa shape index (κ3) is 3.10. The van der Waals surface area contributed by atoms with Crippen molar-refractivity contribution in [3.63, 3.8) is 0 Å². The molecule has 5 rings (SSSR count). The third-order valence-electron chi connectivity index (χ3n) is 5.93. The predicted molar refractivity (Wildman–Crippen MR) is 118 cm³/mol. The second kappa shape index (κ2) is 7.24. The summed E-state index contributed by atoms with van der Waals surface area (Å²) in [5.74, 6) is -0.0532. The molecule has 6 nitrogen and oxygen atoms in total. The molecule has 148 valence electrons. The Labute approximate surface area is 173 Å². The van der Waals surface area contributed by atoms with E-state index in [1.54, 1.807) is 0 Å². The smallest absolute Gasteiger partial charge is 0.251 e. The Hall–Kier alpha value is -2.77. The maximum absolute atomic E-state index is 12.7. The molecule has 0 radical (unpaired) electrons. The van der Waals surface area contributed by atoms with Crippen LogP contribution in [0.4, 0.5) is 0 Å². The molecular formula is C22H23N5OS. The minimum absolute atomic E-state index is 0.0532. The van der Waals surface area contributed by atoms with Gasteiger partial charge in [0.2, 0.25) is 0 Å². The molecule has 2 aromatic carbocycles. The quantitative estimate of drug-likeness (QED) is 0.505. The van der Waals surface area contributed by atoms with Gasteiger partial charge < -0.3 is 10.3 Å². The number of carbonyl (C=O) groups is 1. The minimum atomic E-state index is -0.0532. The Morgan fingerprint density at radius 3 is 3.03 bits per heavy atom. The lowest BCUT2D eigenvalue weighted by Gasteiger charge is -2.22. The van der Waals surface area contributed by atoms with Crippen LogP contribution in [0.2, 0.25) is 0 Å². The number of imidazole rings is 1. The first kappa shape index (κ1) is 18.3. The van der Waals surface area contributed by atoms with Gasteiger partial charge in [0.25, 0.3) is 5.91 Å². The van der Waals surface area contributed by atoms with Crippen molar-refractivity contribution in [2.45, 2.75) is 25.8 Å². The lowest BCUT2D eigenvalue weighted by molar-refractivity contribution is 0.0941. The molecule has 1 aliphatic rings. The molecule has 1 amide bonds. The van der Waals surface area contributed by atoms with E-state index in [2.05, 4.69) is 22.1 Å². The first-order valence-electron chi connectivity index (χ1n) is 10.1. The second-order valence-corrected chi connectivity index (χ2v) is 7.97. The van der Waals surface area contributed by atoms with E-state index >= 15 is 0 Å². The van der Waals surface area contributed by atoms with Crippen molar-refractivity contribution in [2.24, 2.45) is 0 Å². The fourth-order valence-electron chi connectivity index (χ4n) is 4.42. The summed E-state index contributed by atoms with van der Waals surface area (Å²) in [7, 11) is 0. The van der Waals surface area contributed by atoms with Gasteiger partial charge in [-0.1, -0.05) is 19.1 Å². The highest BCUT2D eigenvalue weighted by molar-refractivity contribution is 7.71. The number of carbonyl (C=O) groups excluding carboxylic acids is 1. The zero-order valence-corrected chi connectivity index (χ0v) is 17.1. The van der Waals surface area contributed by atoms with Crippen LogP contribution in [0.3, 0.4) is 0 Å². The summed E-state index contributed by atoms with van der Waals surface area (Å²) in [4.78, 5) is 23.2. The maximum Gasteiger partial charge on any atom is 0.251 e. The third-order valence-corrected chi connectivity index (χ3v) is 6.22. The normalized spacial score (nSPS) is 17.5. The highest BCUT2D eigenvalue weighted by Crippen LogP contribution is 2.24. The number of nitrogens with one attached hydrogen (secondary N) is 2. The van der Waals surface area contributed by atoms with Crippen LogP contribution in [0.1, 0.15) is 30.1 Å². The molecule has 29 heavy (non-hydrogen) atoms. The predicted octanol–water partition coefficient (Wildman–Crippen LogP) is 3.91. The van der Waals surface area contributed by atoms with E-state index in [1.807, 2.05) is 46.9 Å².